The van der Waals surface area contributed by atoms with Crippen molar-refractivity contribution in [3.8, 4) is 0 Å². The molecule has 0 amide bonds. The molecule has 0 aliphatic heterocycles. The molecule has 1 rings (SSSR count). The van der Waals surface area contributed by atoms with Gasteiger partial charge in [0.1, 0.15) is 12.4 Å². The maximum atomic E-state index is 8.87. The molecule has 0 saturated carbocycles. The van der Waals surface area contributed by atoms with Gasteiger partial charge in [0, 0.05) is 18.9 Å². The van der Waals surface area contributed by atoms with Crippen molar-refractivity contribution < 1.29 is 5.11 Å². The predicted octanol–water partition coefficient (Wildman–Crippen LogP) is 1.25. The fourth-order valence-corrected chi connectivity index (χ4v) is 1.23. The predicted molar refractivity (Wildman–Crippen MR) is 47.7 cm³/mol. The van der Waals surface area contributed by atoms with Crippen molar-refractivity contribution in [2.75, 3.05) is 0 Å². The van der Waals surface area contributed by atoms with Crippen LogP contribution in [0.3, 0.4) is 0 Å². The molecule has 0 radical (unpaired) electrons. The van der Waals surface area contributed by atoms with Crippen molar-refractivity contribution in [2.24, 2.45) is 7.05 Å². The number of aliphatic hydroxyl groups excluding tert-OH is 1. The molecule has 1 N–H and O–H groups in total. The second-order valence-corrected chi connectivity index (χ2v) is 2.99. The van der Waals surface area contributed by atoms with Gasteiger partial charge < -0.3 is 9.67 Å². The molecule has 0 aliphatic carbocycles. The molecule has 1 aromatic heterocycles. The number of aromatic nitrogens is 2. The second-order valence-electron chi connectivity index (χ2n) is 2.99. The highest BCUT2D eigenvalue weighted by molar-refractivity contribution is 5.04. The Balaban J connectivity index is 2.66. The smallest absolute Gasteiger partial charge is 0.134 e. The molecule has 3 nitrogen and oxygen atoms in total. The summed E-state index contributed by atoms with van der Waals surface area (Å²) in [4.78, 5) is 4.10. The highest BCUT2D eigenvalue weighted by atomic mass is 16.3. The first-order valence-corrected chi connectivity index (χ1v) is 4.40. The van der Waals surface area contributed by atoms with Gasteiger partial charge in [-0.15, -0.1) is 0 Å². The summed E-state index contributed by atoms with van der Waals surface area (Å²) in [5.74, 6) is 0.751. The number of nitrogens with zero attached hydrogens (tertiary/aromatic N) is 2. The van der Waals surface area contributed by atoms with E-state index in [0.717, 1.165) is 12.2 Å². The Morgan fingerprint density at radius 1 is 1.58 bits per heavy atom. The third-order valence-corrected chi connectivity index (χ3v) is 2.11. The van der Waals surface area contributed by atoms with Gasteiger partial charge in [0.2, 0.25) is 0 Å². The van der Waals surface area contributed by atoms with Crippen molar-refractivity contribution in [2.45, 2.75) is 32.8 Å². The Hall–Kier alpha value is -0.830. The molecular formula is C9H16N2O. The Morgan fingerprint density at radius 3 is 2.83 bits per heavy atom. The molecule has 0 fully saturated rings. The number of hydrogen-bond donors (Lipinski definition) is 1. The first kappa shape index (κ1) is 9.26. The van der Waals surface area contributed by atoms with Crippen molar-refractivity contribution in [3.05, 3.63) is 17.7 Å². The van der Waals surface area contributed by atoms with Crippen LogP contribution in [-0.2, 0) is 20.1 Å². The van der Waals surface area contributed by atoms with E-state index in [1.54, 1.807) is 0 Å². The first-order valence-electron chi connectivity index (χ1n) is 4.40. The van der Waals surface area contributed by atoms with Crippen LogP contribution in [0, 0.1) is 0 Å². The zero-order chi connectivity index (χ0) is 8.97. The number of aryl methyl sites for hydroxylation is 1. The zero-order valence-corrected chi connectivity index (χ0v) is 7.75. The lowest BCUT2D eigenvalue weighted by Crippen LogP contribution is -2.01. The van der Waals surface area contributed by atoms with E-state index in [2.05, 4.69) is 11.9 Å². The van der Waals surface area contributed by atoms with E-state index in [0.29, 0.717) is 0 Å². The molecular weight excluding hydrogens is 152 g/mol. The molecule has 0 saturated heterocycles. The normalized spacial score (nSPS) is 10.6. The quantitative estimate of drug-likeness (QED) is 0.735. The minimum atomic E-state index is 0.0304. The van der Waals surface area contributed by atoms with Gasteiger partial charge in [0.25, 0.3) is 0 Å². The van der Waals surface area contributed by atoms with Crippen molar-refractivity contribution >= 4 is 0 Å². The number of aliphatic hydroxyl groups is 1. The third-order valence-electron chi connectivity index (χ3n) is 2.11. The largest absolute Gasteiger partial charge is 0.388 e. The second kappa shape index (κ2) is 4.26. The molecule has 1 aromatic rings. The molecule has 1 heterocycles. The van der Waals surface area contributed by atoms with Gasteiger partial charge in [-0.2, -0.15) is 0 Å². The molecule has 0 spiro atoms. The average molecular weight is 168 g/mol. The van der Waals surface area contributed by atoms with E-state index in [1.165, 1.54) is 18.5 Å². The monoisotopic (exact) mass is 168 g/mol. The van der Waals surface area contributed by atoms with Crippen LogP contribution >= 0.6 is 0 Å². The zero-order valence-electron chi connectivity index (χ0n) is 7.75. The summed E-state index contributed by atoms with van der Waals surface area (Å²) in [6.45, 7) is 2.20. The summed E-state index contributed by atoms with van der Waals surface area (Å²) < 4.78 is 1.97. The number of rotatable bonds is 4. The van der Waals surface area contributed by atoms with Crippen LogP contribution < -0.4 is 0 Å². The molecule has 0 atom stereocenters. The fourth-order valence-electron chi connectivity index (χ4n) is 1.23. The highest BCUT2D eigenvalue weighted by Gasteiger charge is 2.03. The Kier molecular flexibility index (Phi) is 3.29. The maximum absolute atomic E-state index is 8.87. The first-order chi connectivity index (χ1) is 5.79. The minimum Gasteiger partial charge on any atom is -0.388 e. The average Bonchev–Trinajstić information content (AvgIpc) is 2.43. The topological polar surface area (TPSA) is 38.1 Å². The maximum Gasteiger partial charge on any atom is 0.134 e. The van der Waals surface area contributed by atoms with Crippen LogP contribution in [-0.4, -0.2) is 14.7 Å². The molecule has 0 aromatic carbocycles. The summed E-state index contributed by atoms with van der Waals surface area (Å²) in [7, 11) is 1.95. The molecule has 68 valence electrons. The van der Waals surface area contributed by atoms with Gasteiger partial charge in [-0.3, -0.25) is 0 Å². The fraction of sp³-hybridized carbons (Fsp3) is 0.667. The van der Waals surface area contributed by atoms with Crippen LogP contribution in [0.25, 0.3) is 0 Å². The SMILES string of the molecule is CCCCc1cnc(CO)n1C. The number of hydrogen-bond acceptors (Lipinski definition) is 2. The molecule has 3 heteroatoms. The van der Waals surface area contributed by atoms with Crippen LogP contribution in [0.2, 0.25) is 0 Å². The Labute approximate surface area is 73.1 Å². The van der Waals surface area contributed by atoms with E-state index in [4.69, 9.17) is 5.11 Å². The van der Waals surface area contributed by atoms with Gasteiger partial charge in [-0.05, 0) is 12.8 Å². The molecule has 12 heavy (non-hydrogen) atoms. The number of unbranched alkanes of at least 4 members (excludes halogenated alkanes) is 1. The van der Waals surface area contributed by atoms with Gasteiger partial charge in [-0.1, -0.05) is 13.3 Å². The minimum absolute atomic E-state index is 0.0304. The standard InChI is InChI=1S/C9H16N2O/c1-3-4-5-8-6-10-9(7-12)11(8)2/h6,12H,3-5,7H2,1-2H3. The third kappa shape index (κ3) is 1.85. The molecule has 0 bridgehead atoms. The van der Waals surface area contributed by atoms with E-state index in [-0.39, 0.29) is 6.61 Å². The number of imidazole rings is 1. The van der Waals surface area contributed by atoms with Crippen molar-refractivity contribution in [1.29, 1.82) is 0 Å². The summed E-state index contributed by atoms with van der Waals surface area (Å²) in [6, 6.07) is 0. The lowest BCUT2D eigenvalue weighted by molar-refractivity contribution is 0.267. The molecule has 0 aliphatic rings. The van der Waals surface area contributed by atoms with E-state index in [9.17, 15) is 0 Å². The van der Waals surface area contributed by atoms with Crippen LogP contribution in [0.15, 0.2) is 6.20 Å². The molecule has 0 unspecified atom stereocenters. The summed E-state index contributed by atoms with van der Waals surface area (Å²) in [5.41, 5.74) is 1.21. The van der Waals surface area contributed by atoms with Crippen LogP contribution in [0.5, 0.6) is 0 Å². The van der Waals surface area contributed by atoms with Crippen LogP contribution in [0.1, 0.15) is 31.3 Å². The van der Waals surface area contributed by atoms with E-state index in [1.807, 2.05) is 17.8 Å². The lowest BCUT2D eigenvalue weighted by atomic mass is 10.2. The van der Waals surface area contributed by atoms with Gasteiger partial charge in [0.15, 0.2) is 0 Å². The van der Waals surface area contributed by atoms with Crippen LogP contribution in [0.4, 0.5) is 0 Å². The Morgan fingerprint density at radius 2 is 2.33 bits per heavy atom. The van der Waals surface area contributed by atoms with Gasteiger partial charge in [0.05, 0.1) is 0 Å². The Bertz CT molecular complexity index is 243. The summed E-state index contributed by atoms with van der Waals surface area (Å²) >= 11 is 0. The van der Waals surface area contributed by atoms with Gasteiger partial charge in [-0.25, -0.2) is 4.98 Å². The summed E-state index contributed by atoms with van der Waals surface area (Å²) in [5, 5.41) is 8.87. The summed E-state index contributed by atoms with van der Waals surface area (Å²) in [6.07, 6.45) is 5.28. The van der Waals surface area contributed by atoms with E-state index >= 15 is 0 Å². The highest BCUT2D eigenvalue weighted by Crippen LogP contribution is 2.06. The van der Waals surface area contributed by atoms with Crippen molar-refractivity contribution in [3.63, 3.8) is 0 Å². The van der Waals surface area contributed by atoms with E-state index < -0.39 is 0 Å². The van der Waals surface area contributed by atoms with Gasteiger partial charge >= 0.3 is 0 Å². The van der Waals surface area contributed by atoms with Crippen molar-refractivity contribution in [1.82, 2.24) is 9.55 Å². The lowest BCUT2D eigenvalue weighted by Gasteiger charge is -2.02.